The first kappa shape index (κ1) is 12.5. The number of rotatable bonds is 3. The van der Waals surface area contributed by atoms with Crippen molar-refractivity contribution in [3.63, 3.8) is 0 Å². The molecule has 0 radical (unpaired) electrons. The van der Waals surface area contributed by atoms with Gasteiger partial charge in [0.15, 0.2) is 0 Å². The molecule has 0 N–H and O–H groups in total. The first-order valence-electron chi connectivity index (χ1n) is 6.26. The summed E-state index contributed by atoms with van der Waals surface area (Å²) in [5, 5.41) is 0. The van der Waals surface area contributed by atoms with Crippen LogP contribution in [-0.4, -0.2) is 16.8 Å². The third-order valence-corrected chi connectivity index (χ3v) is 3.19. The van der Waals surface area contributed by atoms with E-state index in [1.54, 1.807) is 36.6 Å². The van der Waals surface area contributed by atoms with Crippen molar-refractivity contribution in [2.45, 2.75) is 19.7 Å². The minimum Gasteiger partial charge on any atom is -0.467 e. The molecular formula is C15H13NO4. The third kappa shape index (κ3) is 2.07. The van der Waals surface area contributed by atoms with E-state index in [2.05, 4.69) is 0 Å². The third-order valence-electron chi connectivity index (χ3n) is 3.19. The lowest BCUT2D eigenvalue weighted by atomic mass is 10.1. The standard InChI is InChI=1S/C15H13NO4/c1-10(17)20-15-13-7-3-2-6-12(13)14(18)16(15)9-11-5-4-8-19-11/h2-8,15H,9H2,1H3. The van der Waals surface area contributed by atoms with Gasteiger partial charge in [0.2, 0.25) is 6.23 Å². The van der Waals surface area contributed by atoms with Crippen LogP contribution in [0.5, 0.6) is 0 Å². The Morgan fingerprint density at radius 3 is 2.80 bits per heavy atom. The summed E-state index contributed by atoms with van der Waals surface area (Å²) >= 11 is 0. The highest BCUT2D eigenvalue weighted by atomic mass is 16.6. The van der Waals surface area contributed by atoms with Gasteiger partial charge in [-0.25, -0.2) is 0 Å². The number of hydrogen-bond acceptors (Lipinski definition) is 4. The number of fused-ring (bicyclic) bond motifs is 1. The zero-order chi connectivity index (χ0) is 14.1. The molecule has 0 spiro atoms. The number of carbonyl (C=O) groups excluding carboxylic acids is 2. The van der Waals surface area contributed by atoms with Gasteiger partial charge in [0.1, 0.15) is 5.76 Å². The first-order chi connectivity index (χ1) is 9.66. The maximum Gasteiger partial charge on any atom is 0.304 e. The Balaban J connectivity index is 1.96. The zero-order valence-electron chi connectivity index (χ0n) is 10.9. The number of carbonyl (C=O) groups is 2. The molecule has 1 aliphatic heterocycles. The van der Waals surface area contributed by atoms with E-state index in [1.807, 2.05) is 6.07 Å². The summed E-state index contributed by atoms with van der Waals surface area (Å²) in [6.07, 6.45) is 0.852. The number of ether oxygens (including phenoxy) is 1. The maximum absolute atomic E-state index is 12.4. The minimum atomic E-state index is -0.693. The molecule has 2 aromatic rings. The number of furan rings is 1. The largest absolute Gasteiger partial charge is 0.467 e. The average Bonchev–Trinajstić information content (AvgIpc) is 3.02. The molecule has 0 fully saturated rings. The summed E-state index contributed by atoms with van der Waals surface area (Å²) in [6.45, 7) is 1.59. The van der Waals surface area contributed by atoms with Crippen molar-refractivity contribution in [3.05, 3.63) is 59.5 Å². The topological polar surface area (TPSA) is 59.8 Å². The van der Waals surface area contributed by atoms with E-state index < -0.39 is 12.2 Å². The van der Waals surface area contributed by atoms with E-state index in [1.165, 1.54) is 11.8 Å². The van der Waals surface area contributed by atoms with Crippen LogP contribution >= 0.6 is 0 Å². The van der Waals surface area contributed by atoms with Gasteiger partial charge >= 0.3 is 5.97 Å². The Labute approximate surface area is 115 Å². The second-order valence-electron chi connectivity index (χ2n) is 4.56. The lowest BCUT2D eigenvalue weighted by molar-refractivity contribution is -0.154. The van der Waals surface area contributed by atoms with Crippen LogP contribution in [0.3, 0.4) is 0 Å². The molecule has 0 saturated carbocycles. The van der Waals surface area contributed by atoms with Crippen LogP contribution in [-0.2, 0) is 16.1 Å². The van der Waals surface area contributed by atoms with Gasteiger partial charge in [-0.2, -0.15) is 0 Å². The van der Waals surface area contributed by atoms with Crippen molar-refractivity contribution in [1.82, 2.24) is 4.90 Å². The summed E-state index contributed by atoms with van der Waals surface area (Å²) < 4.78 is 10.6. The van der Waals surface area contributed by atoms with Gasteiger partial charge in [-0.3, -0.25) is 14.5 Å². The summed E-state index contributed by atoms with van der Waals surface area (Å²) in [5.41, 5.74) is 1.27. The smallest absolute Gasteiger partial charge is 0.304 e. The van der Waals surface area contributed by atoms with E-state index in [0.717, 1.165) is 0 Å². The molecule has 1 atom stereocenters. The Morgan fingerprint density at radius 1 is 1.30 bits per heavy atom. The van der Waals surface area contributed by atoms with Gasteiger partial charge in [0.05, 0.1) is 12.8 Å². The van der Waals surface area contributed by atoms with Crippen LogP contribution in [0, 0.1) is 0 Å². The van der Waals surface area contributed by atoms with Crippen molar-refractivity contribution in [1.29, 1.82) is 0 Å². The molecule has 5 nitrogen and oxygen atoms in total. The van der Waals surface area contributed by atoms with E-state index in [0.29, 0.717) is 16.9 Å². The van der Waals surface area contributed by atoms with E-state index >= 15 is 0 Å². The monoisotopic (exact) mass is 271 g/mol. The van der Waals surface area contributed by atoms with Gasteiger partial charge in [-0.05, 0) is 18.2 Å². The summed E-state index contributed by atoms with van der Waals surface area (Å²) in [4.78, 5) is 25.2. The summed E-state index contributed by atoms with van der Waals surface area (Å²) in [6, 6.07) is 10.7. The molecule has 0 aliphatic carbocycles. The Kier molecular flexibility index (Phi) is 3.02. The highest BCUT2D eigenvalue weighted by Crippen LogP contribution is 2.35. The van der Waals surface area contributed by atoms with Crippen molar-refractivity contribution in [3.8, 4) is 0 Å². The predicted octanol–water partition coefficient (Wildman–Crippen LogP) is 2.50. The van der Waals surface area contributed by atoms with Crippen LogP contribution in [0.1, 0.15) is 34.8 Å². The van der Waals surface area contributed by atoms with E-state index in [-0.39, 0.29) is 12.5 Å². The van der Waals surface area contributed by atoms with Crippen molar-refractivity contribution in [2.24, 2.45) is 0 Å². The van der Waals surface area contributed by atoms with Gasteiger partial charge in [-0.15, -0.1) is 0 Å². The SMILES string of the molecule is CC(=O)OC1c2ccccc2C(=O)N1Cc1ccco1. The molecule has 0 saturated heterocycles. The highest BCUT2D eigenvalue weighted by molar-refractivity contribution is 5.99. The fraction of sp³-hybridized carbons (Fsp3) is 0.200. The predicted molar refractivity (Wildman–Crippen MR) is 69.5 cm³/mol. The summed E-state index contributed by atoms with van der Waals surface area (Å²) in [5.74, 6) is 0.0514. The molecule has 1 aliphatic rings. The molecule has 102 valence electrons. The Morgan fingerprint density at radius 2 is 2.10 bits per heavy atom. The number of hydrogen-bond donors (Lipinski definition) is 0. The molecule has 20 heavy (non-hydrogen) atoms. The maximum atomic E-state index is 12.4. The lowest BCUT2D eigenvalue weighted by Gasteiger charge is -2.23. The fourth-order valence-electron chi connectivity index (χ4n) is 2.35. The fourth-order valence-corrected chi connectivity index (χ4v) is 2.35. The molecule has 1 aromatic carbocycles. The van der Waals surface area contributed by atoms with Crippen LogP contribution in [0.25, 0.3) is 0 Å². The molecular weight excluding hydrogens is 258 g/mol. The van der Waals surface area contributed by atoms with Gasteiger partial charge in [0, 0.05) is 18.1 Å². The Bertz CT molecular complexity index is 648. The number of amides is 1. The molecule has 1 unspecified atom stereocenters. The van der Waals surface area contributed by atoms with Gasteiger partial charge < -0.3 is 9.15 Å². The highest BCUT2D eigenvalue weighted by Gasteiger charge is 2.38. The molecule has 2 heterocycles. The van der Waals surface area contributed by atoms with Crippen LogP contribution in [0.4, 0.5) is 0 Å². The van der Waals surface area contributed by atoms with Crippen molar-refractivity contribution >= 4 is 11.9 Å². The molecule has 1 aromatic heterocycles. The van der Waals surface area contributed by atoms with Gasteiger partial charge in [0.25, 0.3) is 5.91 Å². The minimum absolute atomic E-state index is 0.164. The number of nitrogens with zero attached hydrogens (tertiary/aromatic N) is 1. The van der Waals surface area contributed by atoms with Crippen LogP contribution in [0.2, 0.25) is 0 Å². The molecule has 1 amide bonds. The van der Waals surface area contributed by atoms with E-state index in [4.69, 9.17) is 9.15 Å². The summed E-state index contributed by atoms with van der Waals surface area (Å²) in [7, 11) is 0. The Hall–Kier alpha value is -2.56. The second-order valence-corrected chi connectivity index (χ2v) is 4.56. The molecule has 3 rings (SSSR count). The van der Waals surface area contributed by atoms with E-state index in [9.17, 15) is 9.59 Å². The van der Waals surface area contributed by atoms with Crippen LogP contribution in [0.15, 0.2) is 47.1 Å². The number of esters is 1. The molecule has 5 heteroatoms. The second kappa shape index (κ2) is 4.85. The van der Waals surface area contributed by atoms with Gasteiger partial charge in [-0.1, -0.05) is 18.2 Å². The normalized spacial score (nSPS) is 17.1. The average molecular weight is 271 g/mol. The van der Waals surface area contributed by atoms with Crippen LogP contribution < -0.4 is 0 Å². The van der Waals surface area contributed by atoms with Crippen molar-refractivity contribution < 1.29 is 18.7 Å². The zero-order valence-corrected chi connectivity index (χ0v) is 10.9. The quantitative estimate of drug-likeness (QED) is 0.805. The van der Waals surface area contributed by atoms with Crippen molar-refractivity contribution in [2.75, 3.05) is 0 Å². The first-order valence-corrected chi connectivity index (χ1v) is 6.26. The lowest BCUT2D eigenvalue weighted by Crippen LogP contribution is -2.29. The number of benzene rings is 1. The molecule has 0 bridgehead atoms.